The molecular formula is C9H6ClFN2O2. The van der Waals surface area contributed by atoms with E-state index in [1.807, 2.05) is 0 Å². The molecule has 2 aromatic rings. The van der Waals surface area contributed by atoms with Crippen molar-refractivity contribution < 1.29 is 13.7 Å². The average molecular weight is 229 g/mol. The van der Waals surface area contributed by atoms with Crippen molar-refractivity contribution in [3.05, 3.63) is 29.4 Å². The predicted octanol–water partition coefficient (Wildman–Crippen LogP) is 2.54. The minimum absolute atomic E-state index is 0.0822. The predicted molar refractivity (Wildman–Crippen MR) is 51.3 cm³/mol. The van der Waals surface area contributed by atoms with E-state index in [-0.39, 0.29) is 16.9 Å². The van der Waals surface area contributed by atoms with E-state index >= 15 is 0 Å². The maximum absolute atomic E-state index is 13.3. The molecular weight excluding hydrogens is 223 g/mol. The van der Waals surface area contributed by atoms with E-state index < -0.39 is 5.82 Å². The molecule has 1 heterocycles. The van der Waals surface area contributed by atoms with Gasteiger partial charge in [-0.25, -0.2) is 4.39 Å². The molecule has 0 bridgehead atoms. The van der Waals surface area contributed by atoms with Crippen LogP contribution < -0.4 is 4.74 Å². The van der Waals surface area contributed by atoms with Crippen molar-refractivity contribution in [2.75, 3.05) is 7.11 Å². The standard InChI is InChI=1S/C9H6ClFN2O2/c1-14-7-3-2-5(4-6(7)11)8-12-9(10)15-13-8/h2-4H,1H3. The van der Waals surface area contributed by atoms with Crippen molar-refractivity contribution >= 4 is 11.6 Å². The molecule has 0 unspecified atom stereocenters. The summed E-state index contributed by atoms with van der Waals surface area (Å²) in [5.41, 5.74) is 0.476. The van der Waals surface area contributed by atoms with Crippen molar-refractivity contribution in [3.8, 4) is 17.1 Å². The van der Waals surface area contributed by atoms with Gasteiger partial charge in [-0.15, -0.1) is 0 Å². The van der Waals surface area contributed by atoms with Crippen LogP contribution in [0.25, 0.3) is 11.4 Å². The molecule has 0 fully saturated rings. The molecule has 0 saturated carbocycles. The minimum atomic E-state index is -0.490. The third kappa shape index (κ3) is 1.92. The zero-order valence-corrected chi connectivity index (χ0v) is 8.45. The summed E-state index contributed by atoms with van der Waals surface area (Å²) in [7, 11) is 1.39. The molecule has 1 aromatic heterocycles. The van der Waals surface area contributed by atoms with Crippen molar-refractivity contribution in [2.45, 2.75) is 0 Å². The zero-order chi connectivity index (χ0) is 10.8. The fraction of sp³-hybridized carbons (Fsp3) is 0.111. The number of benzene rings is 1. The molecule has 6 heteroatoms. The van der Waals surface area contributed by atoms with Crippen LogP contribution in [0.5, 0.6) is 5.75 Å². The Labute approximate surface area is 89.6 Å². The first-order chi connectivity index (χ1) is 7.20. The molecule has 0 spiro atoms. The molecule has 0 radical (unpaired) electrons. The van der Waals surface area contributed by atoms with Gasteiger partial charge in [-0.05, 0) is 29.8 Å². The lowest BCUT2D eigenvalue weighted by molar-refractivity contribution is 0.386. The van der Waals surface area contributed by atoms with E-state index in [4.69, 9.17) is 16.3 Å². The van der Waals surface area contributed by atoms with Crippen molar-refractivity contribution in [3.63, 3.8) is 0 Å². The second-order valence-corrected chi connectivity index (χ2v) is 3.04. The molecule has 0 atom stereocenters. The first-order valence-electron chi connectivity index (χ1n) is 4.04. The largest absolute Gasteiger partial charge is 0.494 e. The molecule has 0 saturated heterocycles. The lowest BCUT2D eigenvalue weighted by atomic mass is 10.2. The van der Waals surface area contributed by atoms with Crippen LogP contribution in [0.1, 0.15) is 0 Å². The number of halogens is 2. The van der Waals surface area contributed by atoms with Gasteiger partial charge in [-0.3, -0.25) is 0 Å². The van der Waals surface area contributed by atoms with Crippen LogP contribution in [-0.2, 0) is 0 Å². The van der Waals surface area contributed by atoms with E-state index in [0.29, 0.717) is 5.56 Å². The van der Waals surface area contributed by atoms with Crippen LogP contribution in [0.4, 0.5) is 4.39 Å². The van der Waals surface area contributed by atoms with E-state index in [0.717, 1.165) is 0 Å². The van der Waals surface area contributed by atoms with Crippen LogP contribution in [0, 0.1) is 5.82 Å². The molecule has 15 heavy (non-hydrogen) atoms. The first-order valence-corrected chi connectivity index (χ1v) is 4.41. The second kappa shape index (κ2) is 3.86. The van der Waals surface area contributed by atoms with Crippen LogP contribution >= 0.6 is 11.6 Å². The molecule has 1 aromatic carbocycles. The number of hydrogen-bond acceptors (Lipinski definition) is 4. The molecule has 0 aliphatic carbocycles. The number of aromatic nitrogens is 2. The van der Waals surface area contributed by atoms with Crippen molar-refractivity contribution in [2.24, 2.45) is 0 Å². The molecule has 0 N–H and O–H groups in total. The summed E-state index contributed by atoms with van der Waals surface area (Å²) in [4.78, 5) is 3.76. The van der Waals surface area contributed by atoms with Gasteiger partial charge in [-0.1, -0.05) is 5.16 Å². The van der Waals surface area contributed by atoms with Gasteiger partial charge in [0.25, 0.3) is 0 Å². The Kier molecular flexibility index (Phi) is 2.55. The van der Waals surface area contributed by atoms with Gasteiger partial charge in [0.1, 0.15) is 0 Å². The van der Waals surface area contributed by atoms with E-state index in [1.165, 1.54) is 19.2 Å². The second-order valence-electron chi connectivity index (χ2n) is 2.72. The number of nitrogens with zero attached hydrogens (tertiary/aromatic N) is 2. The molecule has 0 amide bonds. The third-order valence-electron chi connectivity index (χ3n) is 1.81. The van der Waals surface area contributed by atoms with E-state index in [1.54, 1.807) is 6.07 Å². The Morgan fingerprint density at radius 2 is 2.27 bits per heavy atom. The lowest BCUT2D eigenvalue weighted by Gasteiger charge is -2.01. The van der Waals surface area contributed by atoms with E-state index in [9.17, 15) is 4.39 Å². The first kappa shape index (κ1) is 9.92. The smallest absolute Gasteiger partial charge is 0.320 e. The molecule has 0 aliphatic heterocycles. The number of ether oxygens (including phenoxy) is 1. The summed E-state index contributed by atoms with van der Waals surface area (Å²) in [5, 5.41) is 3.47. The highest BCUT2D eigenvalue weighted by Crippen LogP contribution is 2.24. The molecule has 2 rings (SSSR count). The molecule has 0 aliphatic rings. The fourth-order valence-electron chi connectivity index (χ4n) is 1.13. The Bertz CT molecular complexity index is 487. The normalized spacial score (nSPS) is 10.3. The lowest BCUT2D eigenvalue weighted by Crippen LogP contribution is -1.89. The minimum Gasteiger partial charge on any atom is -0.494 e. The van der Waals surface area contributed by atoms with Crippen LogP contribution in [0.2, 0.25) is 5.35 Å². The third-order valence-corrected chi connectivity index (χ3v) is 1.96. The summed E-state index contributed by atoms with van der Waals surface area (Å²) < 4.78 is 22.6. The summed E-state index contributed by atoms with van der Waals surface area (Å²) in [6.07, 6.45) is 0. The molecule has 78 valence electrons. The Balaban J connectivity index is 2.42. The summed E-state index contributed by atoms with van der Waals surface area (Å²) in [5.74, 6) is -0.0918. The average Bonchev–Trinajstić information content (AvgIpc) is 2.65. The summed E-state index contributed by atoms with van der Waals surface area (Å²) in [6, 6.07) is 4.35. The highest BCUT2D eigenvalue weighted by molar-refractivity contribution is 6.27. The molecule has 4 nitrogen and oxygen atoms in total. The topological polar surface area (TPSA) is 48.2 Å². The summed E-state index contributed by atoms with van der Waals surface area (Å²) >= 11 is 5.45. The Morgan fingerprint density at radius 3 is 2.80 bits per heavy atom. The Morgan fingerprint density at radius 1 is 1.47 bits per heavy atom. The van der Waals surface area contributed by atoms with E-state index in [2.05, 4.69) is 14.7 Å². The maximum atomic E-state index is 13.3. The summed E-state index contributed by atoms with van der Waals surface area (Å²) in [6.45, 7) is 0. The van der Waals surface area contributed by atoms with Gasteiger partial charge >= 0.3 is 5.35 Å². The number of hydrogen-bond donors (Lipinski definition) is 0. The number of rotatable bonds is 2. The SMILES string of the molecule is COc1ccc(-c2noc(Cl)n2)cc1F. The van der Waals surface area contributed by atoms with Crippen LogP contribution in [0.3, 0.4) is 0 Å². The Hall–Kier alpha value is -1.62. The van der Waals surface area contributed by atoms with Gasteiger partial charge in [0.05, 0.1) is 7.11 Å². The monoisotopic (exact) mass is 228 g/mol. The van der Waals surface area contributed by atoms with Crippen molar-refractivity contribution in [1.82, 2.24) is 10.1 Å². The van der Waals surface area contributed by atoms with Gasteiger partial charge in [0.2, 0.25) is 5.82 Å². The quantitative estimate of drug-likeness (QED) is 0.793. The van der Waals surface area contributed by atoms with Crippen LogP contribution in [0.15, 0.2) is 22.7 Å². The van der Waals surface area contributed by atoms with Gasteiger partial charge in [0.15, 0.2) is 11.6 Å². The highest BCUT2D eigenvalue weighted by Gasteiger charge is 2.10. The maximum Gasteiger partial charge on any atom is 0.320 e. The zero-order valence-electron chi connectivity index (χ0n) is 7.70. The van der Waals surface area contributed by atoms with Crippen molar-refractivity contribution in [1.29, 1.82) is 0 Å². The van der Waals surface area contributed by atoms with Gasteiger partial charge in [-0.2, -0.15) is 4.98 Å². The van der Waals surface area contributed by atoms with Gasteiger partial charge in [0, 0.05) is 5.56 Å². The highest BCUT2D eigenvalue weighted by atomic mass is 35.5. The fourth-order valence-corrected chi connectivity index (χ4v) is 1.24. The number of methoxy groups -OCH3 is 1. The van der Waals surface area contributed by atoms with Gasteiger partial charge < -0.3 is 9.26 Å². The van der Waals surface area contributed by atoms with Crippen LogP contribution in [-0.4, -0.2) is 17.3 Å².